The van der Waals surface area contributed by atoms with Gasteiger partial charge in [0.1, 0.15) is 5.15 Å². The molecule has 0 unspecified atom stereocenters. The van der Waals surface area contributed by atoms with E-state index in [0.29, 0.717) is 5.15 Å². The van der Waals surface area contributed by atoms with E-state index in [4.69, 9.17) is 11.6 Å². The molecule has 0 atom stereocenters. The van der Waals surface area contributed by atoms with Crippen LogP contribution in [0.3, 0.4) is 0 Å². The van der Waals surface area contributed by atoms with Gasteiger partial charge in [0.15, 0.2) is 0 Å². The topological polar surface area (TPSA) is 24.9 Å². The first-order chi connectivity index (χ1) is 7.08. The second kappa shape index (κ2) is 4.01. The van der Waals surface area contributed by atoms with Crippen molar-refractivity contribution in [2.75, 3.05) is 5.32 Å². The summed E-state index contributed by atoms with van der Waals surface area (Å²) in [5, 5.41) is 4.08. The van der Waals surface area contributed by atoms with Crippen molar-refractivity contribution in [1.82, 2.24) is 4.98 Å². The lowest BCUT2D eigenvalue weighted by molar-refractivity contribution is 0.216. The number of hydrogen-bond acceptors (Lipinski definition) is 2. The monoisotopic (exact) mass is 224 g/mol. The molecule has 0 bridgehead atoms. The highest BCUT2D eigenvalue weighted by Crippen LogP contribution is 2.37. The Balaban J connectivity index is 2.06. The number of pyridine rings is 1. The van der Waals surface area contributed by atoms with E-state index < -0.39 is 0 Å². The van der Waals surface area contributed by atoms with E-state index in [1.54, 1.807) is 6.20 Å². The third kappa shape index (κ3) is 2.43. The molecule has 3 heteroatoms. The number of halogens is 1. The zero-order valence-corrected chi connectivity index (χ0v) is 10.0. The molecule has 1 aliphatic rings. The van der Waals surface area contributed by atoms with Crippen LogP contribution in [-0.2, 0) is 0 Å². The predicted molar refractivity (Wildman–Crippen MR) is 64.3 cm³/mol. The third-order valence-corrected chi connectivity index (χ3v) is 3.53. The van der Waals surface area contributed by atoms with Crippen LogP contribution in [0.4, 0.5) is 5.69 Å². The number of hydrogen-bond donors (Lipinski definition) is 1. The van der Waals surface area contributed by atoms with Crippen LogP contribution in [0.2, 0.25) is 5.15 Å². The molecule has 2 rings (SSSR count). The van der Waals surface area contributed by atoms with E-state index in [1.165, 1.54) is 19.3 Å². The minimum Gasteiger partial charge on any atom is -0.380 e. The van der Waals surface area contributed by atoms with Crippen molar-refractivity contribution >= 4 is 17.3 Å². The highest BCUT2D eigenvalue weighted by atomic mass is 35.5. The summed E-state index contributed by atoms with van der Waals surface area (Å²) < 4.78 is 0. The average molecular weight is 225 g/mol. The van der Waals surface area contributed by atoms with Crippen LogP contribution in [0.25, 0.3) is 0 Å². The molecule has 0 aliphatic heterocycles. The van der Waals surface area contributed by atoms with E-state index in [2.05, 4.69) is 24.1 Å². The van der Waals surface area contributed by atoms with Crippen molar-refractivity contribution in [3.8, 4) is 0 Å². The molecule has 0 saturated heterocycles. The molecular weight excluding hydrogens is 208 g/mol. The largest absolute Gasteiger partial charge is 0.380 e. The molecule has 2 nitrogen and oxygen atoms in total. The van der Waals surface area contributed by atoms with E-state index in [-0.39, 0.29) is 5.54 Å². The lowest BCUT2D eigenvalue weighted by Crippen LogP contribution is -2.42. The van der Waals surface area contributed by atoms with Gasteiger partial charge in [-0.1, -0.05) is 18.0 Å². The SMILES string of the molecule is CC(C)(Nc1ccnc(Cl)c1)C1CCC1. The molecule has 1 fully saturated rings. The molecule has 82 valence electrons. The zero-order valence-electron chi connectivity index (χ0n) is 9.26. The van der Waals surface area contributed by atoms with Crippen molar-refractivity contribution in [3.05, 3.63) is 23.5 Å². The van der Waals surface area contributed by atoms with E-state index >= 15 is 0 Å². The molecule has 0 spiro atoms. The average Bonchev–Trinajstić information content (AvgIpc) is 1.97. The van der Waals surface area contributed by atoms with E-state index in [9.17, 15) is 0 Å². The van der Waals surface area contributed by atoms with Crippen molar-refractivity contribution in [2.45, 2.75) is 38.6 Å². The summed E-state index contributed by atoms with van der Waals surface area (Å²) in [7, 11) is 0. The van der Waals surface area contributed by atoms with Crippen LogP contribution >= 0.6 is 11.6 Å². The summed E-state index contributed by atoms with van der Waals surface area (Å²) >= 11 is 5.85. The number of anilines is 1. The molecule has 0 radical (unpaired) electrons. The van der Waals surface area contributed by atoms with Crippen LogP contribution in [0.15, 0.2) is 18.3 Å². The summed E-state index contributed by atoms with van der Waals surface area (Å²) in [4.78, 5) is 3.97. The Bertz CT molecular complexity index is 345. The van der Waals surface area contributed by atoms with Crippen molar-refractivity contribution in [1.29, 1.82) is 0 Å². The summed E-state index contributed by atoms with van der Waals surface area (Å²) in [5.41, 5.74) is 1.22. The Kier molecular flexibility index (Phi) is 2.87. The Morgan fingerprint density at radius 3 is 2.73 bits per heavy atom. The highest BCUT2D eigenvalue weighted by Gasteiger charge is 2.33. The normalized spacial score (nSPS) is 17.3. The maximum absolute atomic E-state index is 5.85. The maximum Gasteiger partial charge on any atom is 0.131 e. The highest BCUT2D eigenvalue weighted by molar-refractivity contribution is 6.29. The minimum atomic E-state index is 0.156. The zero-order chi connectivity index (χ0) is 10.9. The van der Waals surface area contributed by atoms with Gasteiger partial charge in [-0.25, -0.2) is 4.98 Å². The van der Waals surface area contributed by atoms with Gasteiger partial charge in [-0.2, -0.15) is 0 Å². The molecular formula is C12H17ClN2. The molecule has 15 heavy (non-hydrogen) atoms. The molecule has 1 saturated carbocycles. The minimum absolute atomic E-state index is 0.156. The van der Waals surface area contributed by atoms with Crippen LogP contribution in [0.1, 0.15) is 33.1 Å². The fourth-order valence-electron chi connectivity index (χ4n) is 2.08. The maximum atomic E-state index is 5.85. The van der Waals surface area contributed by atoms with Crippen molar-refractivity contribution in [2.24, 2.45) is 5.92 Å². The summed E-state index contributed by atoms with van der Waals surface area (Å²) in [6.45, 7) is 4.51. The smallest absolute Gasteiger partial charge is 0.131 e. The molecule has 1 aliphatic carbocycles. The van der Waals surface area contributed by atoms with Crippen LogP contribution in [0.5, 0.6) is 0 Å². The van der Waals surface area contributed by atoms with Gasteiger partial charge < -0.3 is 5.32 Å². The van der Waals surface area contributed by atoms with Gasteiger partial charge in [-0.05, 0) is 44.7 Å². The van der Waals surface area contributed by atoms with Crippen molar-refractivity contribution < 1.29 is 0 Å². The fourth-order valence-corrected chi connectivity index (χ4v) is 2.26. The Hall–Kier alpha value is -0.760. The van der Waals surface area contributed by atoms with E-state index in [0.717, 1.165) is 11.6 Å². The van der Waals surface area contributed by atoms with Gasteiger partial charge in [0.2, 0.25) is 0 Å². The molecule has 1 aromatic heterocycles. The predicted octanol–water partition coefficient (Wildman–Crippen LogP) is 3.73. The third-order valence-electron chi connectivity index (χ3n) is 3.32. The number of aromatic nitrogens is 1. The Morgan fingerprint density at radius 2 is 2.20 bits per heavy atom. The molecule has 0 amide bonds. The van der Waals surface area contributed by atoms with Gasteiger partial charge in [0, 0.05) is 17.4 Å². The second-order valence-electron chi connectivity index (χ2n) is 4.84. The Labute approximate surface area is 96.1 Å². The molecule has 0 aromatic carbocycles. The van der Waals surface area contributed by atoms with Crippen molar-refractivity contribution in [3.63, 3.8) is 0 Å². The first-order valence-electron chi connectivity index (χ1n) is 5.48. The quantitative estimate of drug-likeness (QED) is 0.792. The molecule has 1 N–H and O–H groups in total. The fraction of sp³-hybridized carbons (Fsp3) is 0.583. The number of nitrogens with zero attached hydrogens (tertiary/aromatic N) is 1. The second-order valence-corrected chi connectivity index (χ2v) is 5.23. The Morgan fingerprint density at radius 1 is 1.47 bits per heavy atom. The van der Waals surface area contributed by atoms with E-state index in [1.807, 2.05) is 12.1 Å². The van der Waals surface area contributed by atoms with Gasteiger partial charge in [0.05, 0.1) is 0 Å². The van der Waals surface area contributed by atoms with Gasteiger partial charge in [0.25, 0.3) is 0 Å². The van der Waals surface area contributed by atoms with Gasteiger partial charge >= 0.3 is 0 Å². The number of rotatable bonds is 3. The summed E-state index contributed by atoms with van der Waals surface area (Å²) in [6.07, 6.45) is 5.77. The van der Waals surface area contributed by atoms with Gasteiger partial charge in [-0.15, -0.1) is 0 Å². The standard InChI is InChI=1S/C12H17ClN2/c1-12(2,9-4-3-5-9)15-10-6-7-14-11(13)8-10/h6-9H,3-5H2,1-2H3,(H,14,15). The summed E-state index contributed by atoms with van der Waals surface area (Å²) in [6, 6.07) is 3.84. The lowest BCUT2D eigenvalue weighted by Gasteiger charge is -2.41. The number of nitrogens with one attached hydrogen (secondary N) is 1. The first kappa shape index (κ1) is 10.7. The summed E-state index contributed by atoms with van der Waals surface area (Å²) in [5.74, 6) is 0.782. The molecule has 1 heterocycles. The van der Waals surface area contributed by atoms with Crippen LogP contribution in [-0.4, -0.2) is 10.5 Å². The molecule has 1 aromatic rings. The van der Waals surface area contributed by atoms with Gasteiger partial charge in [-0.3, -0.25) is 0 Å². The lowest BCUT2D eigenvalue weighted by atomic mass is 9.72. The first-order valence-corrected chi connectivity index (χ1v) is 5.85. The van der Waals surface area contributed by atoms with Crippen LogP contribution in [0, 0.1) is 5.92 Å². The van der Waals surface area contributed by atoms with Crippen LogP contribution < -0.4 is 5.32 Å².